The Morgan fingerprint density at radius 2 is 1.02 bits per heavy atom. The highest BCUT2D eigenvalue weighted by atomic mass is 79.9. The molecule has 0 aromatic carbocycles. The lowest BCUT2D eigenvalue weighted by atomic mass is 10.0. The number of carbonyl (C=O) groups excluding carboxylic acids is 5. The number of aryl methyl sites for hydroxylation is 4. The lowest BCUT2D eigenvalue weighted by Crippen LogP contribution is -2.29. The first kappa shape index (κ1) is 78.9. The molecule has 0 radical (unpaired) electrons. The lowest BCUT2D eigenvalue weighted by Gasteiger charge is -2.09. The molecule has 1 aliphatic carbocycles. The third-order valence-electron chi connectivity index (χ3n) is 17.9. The number of nitrogens with one attached hydrogen (secondary N) is 7. The maximum absolute atomic E-state index is 12.4. The molecule has 4 aliphatic rings. The second-order valence-corrected chi connectivity index (χ2v) is 24.9. The largest absolute Gasteiger partial charge is 0.461 e. The summed E-state index contributed by atoms with van der Waals surface area (Å²) in [5.41, 5.74) is 29.4. The average molecular weight is 1380 g/mol. The maximum atomic E-state index is 12.4. The van der Waals surface area contributed by atoms with Crippen molar-refractivity contribution in [3.63, 3.8) is 0 Å². The molecule has 4 aromatic heterocycles. The molecule has 16 heteroatoms. The number of hydrogen-bond acceptors (Lipinski definition) is 7. The van der Waals surface area contributed by atoms with Crippen molar-refractivity contribution < 1.29 is 33.4 Å². The third kappa shape index (κ3) is 20.6. The fourth-order valence-electron chi connectivity index (χ4n) is 12.4. The number of aromatic nitrogens is 4. The summed E-state index contributed by atoms with van der Waals surface area (Å²) in [6.07, 6.45) is 20.2. The molecule has 0 saturated carbocycles. The monoisotopic (exact) mass is 1380 g/mol. The minimum atomic E-state index is -0.250. The van der Waals surface area contributed by atoms with Crippen LogP contribution >= 0.6 is 31.9 Å². The molecule has 91 heavy (non-hydrogen) atoms. The second-order valence-electron chi connectivity index (χ2n) is 23.7. The van der Waals surface area contributed by atoms with Gasteiger partial charge in [0.05, 0.1) is 19.3 Å². The van der Waals surface area contributed by atoms with E-state index in [9.17, 15) is 24.0 Å². The molecule has 4 aromatic rings. The van der Waals surface area contributed by atoms with E-state index in [4.69, 9.17) is 9.47 Å². The van der Waals surface area contributed by atoms with E-state index >= 15 is 0 Å². The number of rotatable bonds is 20. The summed E-state index contributed by atoms with van der Waals surface area (Å²) in [6.45, 7) is 46.5. The van der Waals surface area contributed by atoms with E-state index in [1.807, 2.05) is 48.5 Å². The Kier molecular flexibility index (Phi) is 33.4. The van der Waals surface area contributed by atoms with Crippen LogP contribution in [0, 0.1) is 48.5 Å². The molecule has 0 spiro atoms. The summed E-state index contributed by atoms with van der Waals surface area (Å²) in [7, 11) is 0. The van der Waals surface area contributed by atoms with Crippen LogP contribution in [0.1, 0.15) is 249 Å². The molecule has 3 amide bonds. The van der Waals surface area contributed by atoms with Gasteiger partial charge in [0.25, 0.3) is 5.91 Å². The number of halogens is 2. The first-order chi connectivity index (χ1) is 43.2. The molecule has 3 aliphatic heterocycles. The molecule has 0 saturated heterocycles. The van der Waals surface area contributed by atoms with E-state index in [1.54, 1.807) is 0 Å². The number of esters is 2. The normalized spacial score (nSPS) is 16.7. The minimum absolute atomic E-state index is 0.0275. The molecule has 8 rings (SSSR count). The summed E-state index contributed by atoms with van der Waals surface area (Å²) in [6, 6.07) is 0.491. The van der Waals surface area contributed by atoms with Gasteiger partial charge in [-0.25, -0.2) is 9.59 Å². The topological polar surface area (TPSA) is 203 Å². The average Bonchev–Trinajstić information content (AvgIpc) is 1.70. The minimum Gasteiger partial charge on any atom is -0.461 e. The smallest absolute Gasteiger partial charge is 0.355 e. The summed E-state index contributed by atoms with van der Waals surface area (Å²) in [5, 5.41) is 10.4. The predicted octanol–water partition coefficient (Wildman–Crippen LogP) is 17.9. The Hall–Kier alpha value is -6.39. The molecule has 502 valence electrons. The quantitative estimate of drug-likeness (QED) is 0.0259. The van der Waals surface area contributed by atoms with Crippen LogP contribution in [0.15, 0.2) is 73.7 Å². The molecular weight excluding hydrogens is 1270 g/mol. The van der Waals surface area contributed by atoms with Crippen molar-refractivity contribution in [3.05, 3.63) is 158 Å². The zero-order valence-corrected chi connectivity index (χ0v) is 62.6. The van der Waals surface area contributed by atoms with Crippen LogP contribution < -0.4 is 16.0 Å². The van der Waals surface area contributed by atoms with Crippen molar-refractivity contribution in [1.82, 2.24) is 35.9 Å². The van der Waals surface area contributed by atoms with Crippen LogP contribution in [-0.4, -0.2) is 85.6 Å². The SMILES string of the molecule is CCC1=C(C)C(=O)N/C1=C\c1[nH]c(C)c(CC)c1C.CCC1=C(C)C(=O)NC1C.CCC1=C(C)C(=O)NC1CBr.CCCCOC(=O)c1[nH]c(/C=C2\C=C(CBr)C(CC)=C2C)c(CC)c1C.CCCCOC(=O)c1[nH]c(C)c(CC)c1C.CCc1c(C)c[nH]c1C. The Morgan fingerprint density at radius 1 is 0.516 bits per heavy atom. The zero-order chi connectivity index (χ0) is 68.6. The molecular formula is C75H111Br2N7O7. The van der Waals surface area contributed by atoms with E-state index in [0.29, 0.717) is 24.6 Å². The fraction of sp³-hybridized carbons (Fsp3) is 0.533. The van der Waals surface area contributed by atoms with Crippen molar-refractivity contribution in [2.45, 2.75) is 241 Å². The fourth-order valence-corrected chi connectivity index (χ4v) is 13.4. The first-order valence-electron chi connectivity index (χ1n) is 33.2. The molecule has 0 bridgehead atoms. The van der Waals surface area contributed by atoms with Gasteiger partial charge >= 0.3 is 11.9 Å². The first-order valence-corrected chi connectivity index (χ1v) is 35.5. The number of carbonyl (C=O) groups is 5. The van der Waals surface area contributed by atoms with Gasteiger partial charge in [0.2, 0.25) is 11.8 Å². The van der Waals surface area contributed by atoms with Gasteiger partial charge in [-0.05, 0) is 243 Å². The Morgan fingerprint density at radius 3 is 1.42 bits per heavy atom. The Balaban J connectivity index is 0.000000297. The van der Waals surface area contributed by atoms with Crippen LogP contribution in [0.5, 0.6) is 0 Å². The van der Waals surface area contributed by atoms with Crippen molar-refractivity contribution in [1.29, 1.82) is 0 Å². The highest BCUT2D eigenvalue weighted by molar-refractivity contribution is 9.09. The van der Waals surface area contributed by atoms with Crippen molar-refractivity contribution in [2.75, 3.05) is 23.9 Å². The van der Waals surface area contributed by atoms with Gasteiger partial charge in [-0.2, -0.15) is 0 Å². The van der Waals surface area contributed by atoms with Gasteiger partial charge in [0.15, 0.2) is 0 Å². The van der Waals surface area contributed by atoms with E-state index in [-0.39, 0.29) is 41.7 Å². The number of unbranched alkanes of at least 4 members (excludes halogenated alkanes) is 2. The Labute approximate surface area is 563 Å². The number of alkyl halides is 2. The zero-order valence-electron chi connectivity index (χ0n) is 59.4. The van der Waals surface area contributed by atoms with Crippen LogP contribution in [0.25, 0.3) is 12.2 Å². The van der Waals surface area contributed by atoms with Gasteiger partial charge in [-0.3, -0.25) is 14.4 Å². The van der Waals surface area contributed by atoms with E-state index in [0.717, 1.165) is 144 Å². The third-order valence-corrected chi connectivity index (χ3v) is 19.2. The predicted molar refractivity (Wildman–Crippen MR) is 385 cm³/mol. The Bertz CT molecular complexity index is 3400. The van der Waals surface area contributed by atoms with Gasteiger partial charge < -0.3 is 45.4 Å². The van der Waals surface area contributed by atoms with Crippen molar-refractivity contribution >= 4 is 73.7 Å². The number of amides is 3. The molecule has 7 heterocycles. The van der Waals surface area contributed by atoms with Gasteiger partial charge in [-0.1, -0.05) is 120 Å². The number of allylic oxidation sites excluding steroid dienone is 6. The van der Waals surface area contributed by atoms with Crippen LogP contribution in [-0.2, 0) is 49.5 Å². The number of hydrogen-bond donors (Lipinski definition) is 7. The maximum Gasteiger partial charge on any atom is 0.355 e. The van der Waals surface area contributed by atoms with E-state index in [1.165, 1.54) is 78.2 Å². The summed E-state index contributed by atoms with van der Waals surface area (Å²) >= 11 is 6.96. The standard InChI is InChI=1S/C22H30BrNO2.C16H22N2O.C13H21NO2.C8H12BrNO.C8H13NO.C8H13N/c1-6-9-10-26-22(25)21-15(5)19(8-3)20(24-21)12-16-11-17(13-23)18(7-2)14(16)4;1-6-12-9(3)14(17-11(12)5)8-15-13(7-2)10(4)16(19)18-15;1-5-7-8-16-13(15)12-9(3)11(6-2)10(4)14-12;1-3-6-5(2)8(11)10-7(6)4-9;1-4-7-5(2)8(10)9-6(7)3;1-4-8-6(2)5-9-7(8)3/h11-12,24H,6-10,13H2,1-5H3;8,17H,6-7H2,1-5H3,(H,18,19);14H,5-8H2,1-4H3;7H,3-4H2,1-2H3,(H,10,11);6H,4H2,1-3H3,(H,9,10);5,9H,4H2,1-3H3/b16-12+;15-8-;;;;. The van der Waals surface area contributed by atoms with Crippen LogP contribution in [0.2, 0.25) is 0 Å². The summed E-state index contributed by atoms with van der Waals surface area (Å²) in [4.78, 5) is 71.1. The van der Waals surface area contributed by atoms with Gasteiger partial charge in [-0.15, -0.1) is 0 Å². The number of H-pyrrole nitrogens is 4. The highest BCUT2D eigenvalue weighted by Crippen LogP contribution is 2.36. The van der Waals surface area contributed by atoms with Crippen LogP contribution in [0.3, 0.4) is 0 Å². The van der Waals surface area contributed by atoms with Crippen LogP contribution in [0.4, 0.5) is 0 Å². The van der Waals surface area contributed by atoms with E-state index in [2.05, 4.69) is 196 Å². The molecule has 7 N–H and O–H groups in total. The summed E-state index contributed by atoms with van der Waals surface area (Å²) < 4.78 is 10.6. The molecule has 14 nitrogen and oxygen atoms in total. The highest BCUT2D eigenvalue weighted by Gasteiger charge is 2.28. The van der Waals surface area contributed by atoms with Gasteiger partial charge in [0.1, 0.15) is 11.4 Å². The number of ether oxygens (including phenoxy) is 2. The molecule has 0 fully saturated rings. The van der Waals surface area contributed by atoms with E-state index < -0.39 is 0 Å². The van der Waals surface area contributed by atoms with Crippen molar-refractivity contribution in [2.24, 2.45) is 0 Å². The molecule has 2 atom stereocenters. The second kappa shape index (κ2) is 38.6. The van der Waals surface area contributed by atoms with Crippen molar-refractivity contribution in [3.8, 4) is 0 Å². The van der Waals surface area contributed by atoms with Gasteiger partial charge in [0, 0.05) is 73.8 Å². The number of aromatic amines is 4. The molecule has 2 unspecified atom stereocenters. The summed E-state index contributed by atoms with van der Waals surface area (Å²) in [5.74, 6) is -0.260. The lowest BCUT2D eigenvalue weighted by molar-refractivity contribution is -0.117.